The Hall–Kier alpha value is -2.47. The standard InChI is InChI=1S/C25H29F2N3O/c1-29-23-7-2-17(8-18(23)10-28)11-30-14-24(12-25(13-24,15-30)19-3-4-19)16-31-20-5-6-21(26)22(27)9-20/h2,5-10,19,28-29H,3-4,11-16H2,1H3. The van der Waals surface area contributed by atoms with E-state index in [0.717, 1.165) is 61.8 Å². The summed E-state index contributed by atoms with van der Waals surface area (Å²) in [6.45, 7) is 3.44. The first-order chi connectivity index (χ1) is 14.9. The summed E-state index contributed by atoms with van der Waals surface area (Å²) in [6.07, 6.45) is 6.36. The summed E-state index contributed by atoms with van der Waals surface area (Å²) < 4.78 is 32.8. The molecular weight excluding hydrogens is 396 g/mol. The molecule has 2 aromatic rings. The Kier molecular flexibility index (Phi) is 5.00. The highest BCUT2D eigenvalue weighted by molar-refractivity contribution is 5.86. The van der Waals surface area contributed by atoms with E-state index >= 15 is 0 Å². The van der Waals surface area contributed by atoms with E-state index in [0.29, 0.717) is 17.8 Å². The lowest BCUT2D eigenvalue weighted by Gasteiger charge is -2.64. The van der Waals surface area contributed by atoms with E-state index in [2.05, 4.69) is 22.3 Å². The van der Waals surface area contributed by atoms with E-state index in [1.165, 1.54) is 30.7 Å². The molecule has 0 aromatic heterocycles. The first kappa shape index (κ1) is 20.4. The van der Waals surface area contributed by atoms with Crippen LogP contribution in [0.1, 0.15) is 36.8 Å². The molecule has 0 atom stereocenters. The van der Waals surface area contributed by atoms with Crippen LogP contribution in [0, 0.1) is 33.8 Å². The van der Waals surface area contributed by atoms with Crippen molar-refractivity contribution in [3.63, 3.8) is 0 Å². The van der Waals surface area contributed by atoms with Gasteiger partial charge in [0.25, 0.3) is 0 Å². The highest BCUT2D eigenvalue weighted by Crippen LogP contribution is 2.67. The largest absolute Gasteiger partial charge is 0.493 e. The molecule has 2 aromatic carbocycles. The molecule has 0 spiro atoms. The molecule has 2 heterocycles. The average molecular weight is 426 g/mol. The summed E-state index contributed by atoms with van der Waals surface area (Å²) >= 11 is 0. The molecule has 6 rings (SSSR count). The van der Waals surface area contributed by atoms with Crippen LogP contribution < -0.4 is 10.1 Å². The van der Waals surface area contributed by atoms with E-state index < -0.39 is 11.6 Å². The number of hydrogen-bond donors (Lipinski definition) is 2. The van der Waals surface area contributed by atoms with Gasteiger partial charge >= 0.3 is 0 Å². The fourth-order valence-corrected chi connectivity index (χ4v) is 6.13. The number of piperidine rings is 2. The summed E-state index contributed by atoms with van der Waals surface area (Å²) in [7, 11) is 1.87. The van der Waals surface area contributed by atoms with Gasteiger partial charge in [0.05, 0.1) is 6.61 Å². The predicted octanol–water partition coefficient (Wildman–Crippen LogP) is 5.08. The number of fused-ring (bicyclic) bond motifs is 2. The molecule has 0 amide bonds. The maximum absolute atomic E-state index is 13.6. The minimum Gasteiger partial charge on any atom is -0.493 e. The fraction of sp³-hybridized carbons (Fsp3) is 0.480. The van der Waals surface area contributed by atoms with Crippen LogP contribution >= 0.6 is 0 Å². The van der Waals surface area contributed by atoms with Crippen LogP contribution in [0.4, 0.5) is 14.5 Å². The molecule has 0 unspecified atom stereocenters. The maximum Gasteiger partial charge on any atom is 0.162 e. The Labute approximate surface area is 182 Å². The molecule has 2 N–H and O–H groups in total. The van der Waals surface area contributed by atoms with Gasteiger partial charge in [0, 0.05) is 55.6 Å². The first-order valence-electron chi connectivity index (χ1n) is 11.1. The van der Waals surface area contributed by atoms with Gasteiger partial charge in [0.1, 0.15) is 5.75 Å². The van der Waals surface area contributed by atoms with Crippen molar-refractivity contribution in [3.05, 3.63) is 59.2 Å². The van der Waals surface area contributed by atoms with Gasteiger partial charge in [-0.2, -0.15) is 0 Å². The Morgan fingerprint density at radius 1 is 1.13 bits per heavy atom. The second-order valence-corrected chi connectivity index (χ2v) is 9.82. The van der Waals surface area contributed by atoms with Crippen molar-refractivity contribution in [2.24, 2.45) is 16.7 Å². The Morgan fingerprint density at radius 3 is 2.61 bits per heavy atom. The van der Waals surface area contributed by atoms with Gasteiger partial charge in [0.2, 0.25) is 0 Å². The van der Waals surface area contributed by atoms with Crippen LogP contribution in [0.5, 0.6) is 5.75 Å². The van der Waals surface area contributed by atoms with Crippen molar-refractivity contribution in [3.8, 4) is 5.75 Å². The molecule has 0 radical (unpaired) electrons. The van der Waals surface area contributed by atoms with Crippen molar-refractivity contribution < 1.29 is 13.5 Å². The Morgan fingerprint density at radius 2 is 1.94 bits per heavy atom. The van der Waals surface area contributed by atoms with Gasteiger partial charge in [-0.05, 0) is 66.8 Å². The van der Waals surface area contributed by atoms with E-state index in [1.807, 2.05) is 13.1 Å². The lowest BCUT2D eigenvalue weighted by atomic mass is 9.48. The van der Waals surface area contributed by atoms with Crippen molar-refractivity contribution in [2.45, 2.75) is 32.2 Å². The monoisotopic (exact) mass is 425 g/mol. The third-order valence-electron chi connectivity index (χ3n) is 7.38. The molecule has 6 heteroatoms. The van der Waals surface area contributed by atoms with Crippen LogP contribution in [-0.4, -0.2) is 37.9 Å². The number of anilines is 1. The number of hydrogen-bond acceptors (Lipinski definition) is 4. The van der Waals surface area contributed by atoms with Gasteiger partial charge in [-0.25, -0.2) is 8.78 Å². The van der Waals surface area contributed by atoms with Gasteiger partial charge < -0.3 is 15.5 Å². The zero-order chi connectivity index (χ0) is 21.6. The molecule has 2 saturated carbocycles. The molecule has 2 saturated heterocycles. The summed E-state index contributed by atoms with van der Waals surface area (Å²) in [4.78, 5) is 2.53. The second kappa shape index (κ2) is 7.59. The Balaban J connectivity index is 1.31. The van der Waals surface area contributed by atoms with Gasteiger partial charge in [-0.1, -0.05) is 6.07 Å². The molecule has 4 nitrogen and oxygen atoms in total. The number of benzene rings is 2. The lowest BCUT2D eigenvalue weighted by Crippen LogP contribution is -2.65. The Bertz CT molecular complexity index is 998. The van der Waals surface area contributed by atoms with Crippen LogP contribution in [0.15, 0.2) is 36.4 Å². The predicted molar refractivity (Wildman–Crippen MR) is 118 cm³/mol. The highest BCUT2D eigenvalue weighted by atomic mass is 19.2. The lowest BCUT2D eigenvalue weighted by molar-refractivity contribution is -0.164. The van der Waals surface area contributed by atoms with E-state index in [4.69, 9.17) is 10.1 Å². The van der Waals surface area contributed by atoms with E-state index in [-0.39, 0.29) is 5.41 Å². The van der Waals surface area contributed by atoms with Crippen molar-refractivity contribution >= 4 is 11.9 Å². The second-order valence-electron chi connectivity index (χ2n) is 9.82. The molecule has 4 aliphatic rings. The smallest absolute Gasteiger partial charge is 0.162 e. The molecule has 4 fully saturated rings. The van der Waals surface area contributed by atoms with Crippen LogP contribution in [-0.2, 0) is 6.54 Å². The van der Waals surface area contributed by atoms with Crippen molar-refractivity contribution in [1.29, 1.82) is 5.41 Å². The minimum absolute atomic E-state index is 0.0704. The quantitative estimate of drug-likeness (QED) is 0.580. The SMILES string of the molecule is CNc1ccc(CN2CC3(COc4ccc(F)c(F)c4)CC(C4CC4)(C2)C3)cc1C=N. The number of halogens is 2. The number of nitrogens with zero attached hydrogens (tertiary/aromatic N) is 1. The van der Waals surface area contributed by atoms with Crippen molar-refractivity contribution in [1.82, 2.24) is 4.90 Å². The number of ether oxygens (including phenoxy) is 1. The van der Waals surface area contributed by atoms with Crippen LogP contribution in [0.25, 0.3) is 0 Å². The maximum atomic E-state index is 13.6. The van der Waals surface area contributed by atoms with E-state index in [9.17, 15) is 8.78 Å². The summed E-state index contributed by atoms with van der Waals surface area (Å²) in [5.74, 6) is -0.504. The minimum atomic E-state index is -0.867. The van der Waals surface area contributed by atoms with Gasteiger partial charge in [-0.3, -0.25) is 4.90 Å². The zero-order valence-electron chi connectivity index (χ0n) is 17.9. The topological polar surface area (TPSA) is 48.4 Å². The average Bonchev–Trinajstić information content (AvgIpc) is 3.59. The van der Waals surface area contributed by atoms with Crippen LogP contribution in [0.3, 0.4) is 0 Å². The molecule has 164 valence electrons. The van der Waals surface area contributed by atoms with E-state index in [1.54, 1.807) is 0 Å². The third kappa shape index (κ3) is 3.82. The molecule has 2 aliphatic carbocycles. The number of rotatable bonds is 8. The summed E-state index contributed by atoms with van der Waals surface area (Å²) in [6, 6.07) is 10.0. The summed E-state index contributed by atoms with van der Waals surface area (Å²) in [5.41, 5.74) is 3.52. The number of nitrogens with one attached hydrogen (secondary N) is 2. The summed E-state index contributed by atoms with van der Waals surface area (Å²) in [5, 5.41) is 10.8. The third-order valence-corrected chi connectivity index (χ3v) is 7.38. The van der Waals surface area contributed by atoms with Crippen molar-refractivity contribution in [2.75, 3.05) is 32.1 Å². The first-order valence-corrected chi connectivity index (χ1v) is 11.1. The highest BCUT2D eigenvalue weighted by Gasteiger charge is 2.64. The molecule has 31 heavy (non-hydrogen) atoms. The van der Waals surface area contributed by atoms with Crippen LogP contribution in [0.2, 0.25) is 0 Å². The zero-order valence-corrected chi connectivity index (χ0v) is 17.9. The molecular formula is C25H29F2N3O. The van der Waals surface area contributed by atoms with Gasteiger partial charge in [-0.15, -0.1) is 0 Å². The molecule has 2 bridgehead atoms. The fourth-order valence-electron chi connectivity index (χ4n) is 6.13. The molecule has 2 aliphatic heterocycles. The normalized spacial score (nSPS) is 27.5. The van der Waals surface area contributed by atoms with Gasteiger partial charge in [0.15, 0.2) is 11.6 Å².